The van der Waals surface area contributed by atoms with E-state index in [1.165, 1.54) is 6.08 Å². The topological polar surface area (TPSA) is 57.5 Å². The molecular formula is C9H10O3. The lowest BCUT2D eigenvalue weighted by atomic mass is 9.96. The Labute approximate surface area is 70.0 Å². The number of carbonyl (C=O) groups is 1. The van der Waals surface area contributed by atoms with Crippen molar-refractivity contribution in [2.24, 2.45) is 0 Å². The number of allylic oxidation sites excluding steroid dienone is 1. The van der Waals surface area contributed by atoms with Gasteiger partial charge in [-0.3, -0.25) is 4.79 Å². The Hall–Kier alpha value is -1.09. The summed E-state index contributed by atoms with van der Waals surface area (Å²) in [6.07, 6.45) is 2.42. The fourth-order valence-electron chi connectivity index (χ4n) is 1.79. The maximum Gasteiger partial charge on any atom is 0.166 e. The van der Waals surface area contributed by atoms with Gasteiger partial charge in [-0.25, -0.2) is 0 Å². The summed E-state index contributed by atoms with van der Waals surface area (Å²) in [5.74, 6) is 0.00954. The van der Waals surface area contributed by atoms with Gasteiger partial charge in [0.05, 0.1) is 11.7 Å². The van der Waals surface area contributed by atoms with Crippen molar-refractivity contribution in [2.45, 2.75) is 25.4 Å². The number of hydrogen-bond acceptors (Lipinski definition) is 3. The van der Waals surface area contributed by atoms with Crippen LogP contribution in [0.1, 0.15) is 19.3 Å². The molecule has 0 amide bonds. The van der Waals surface area contributed by atoms with E-state index in [0.29, 0.717) is 24.8 Å². The first-order chi connectivity index (χ1) is 5.70. The highest BCUT2D eigenvalue weighted by Crippen LogP contribution is 2.34. The highest BCUT2D eigenvalue weighted by atomic mass is 16.3. The van der Waals surface area contributed by atoms with E-state index >= 15 is 0 Å². The number of aliphatic hydroxyl groups excluding tert-OH is 2. The maximum absolute atomic E-state index is 11.2. The fourth-order valence-corrected chi connectivity index (χ4v) is 1.79. The van der Waals surface area contributed by atoms with E-state index < -0.39 is 6.10 Å². The third kappa shape index (κ3) is 0.898. The number of aliphatic hydroxyl groups is 2. The first-order valence-electron chi connectivity index (χ1n) is 4.04. The first-order valence-corrected chi connectivity index (χ1v) is 4.04. The number of ketones is 1. The predicted octanol–water partition coefficient (Wildman–Crippen LogP) is 0.852. The van der Waals surface area contributed by atoms with Gasteiger partial charge < -0.3 is 10.2 Å². The highest BCUT2D eigenvalue weighted by Gasteiger charge is 2.31. The van der Waals surface area contributed by atoms with Gasteiger partial charge in [-0.2, -0.15) is 0 Å². The zero-order chi connectivity index (χ0) is 8.72. The largest absolute Gasteiger partial charge is 0.508 e. The molecule has 0 aromatic heterocycles. The quantitative estimate of drug-likeness (QED) is 0.561. The third-order valence-corrected chi connectivity index (χ3v) is 2.41. The van der Waals surface area contributed by atoms with Crippen LogP contribution in [0.15, 0.2) is 23.0 Å². The standard InChI is InChI=1S/C9H10O3/c10-6-3-4-8(12)9-5(6)1-2-7(9)11/h4,6,10,12H,1-3H2. The molecule has 0 saturated heterocycles. The van der Waals surface area contributed by atoms with Crippen LogP contribution in [0.2, 0.25) is 0 Å². The first kappa shape index (κ1) is 7.55. The van der Waals surface area contributed by atoms with E-state index in [4.69, 9.17) is 0 Å². The number of rotatable bonds is 0. The number of carbonyl (C=O) groups excluding carboxylic acids is 1. The molecule has 0 radical (unpaired) electrons. The third-order valence-electron chi connectivity index (χ3n) is 2.41. The minimum atomic E-state index is -0.553. The lowest BCUT2D eigenvalue weighted by Gasteiger charge is -2.16. The molecule has 2 N–H and O–H groups in total. The second-order valence-electron chi connectivity index (χ2n) is 3.16. The van der Waals surface area contributed by atoms with E-state index in [1.807, 2.05) is 0 Å². The van der Waals surface area contributed by atoms with Crippen LogP contribution in [-0.4, -0.2) is 22.1 Å². The molecular weight excluding hydrogens is 156 g/mol. The van der Waals surface area contributed by atoms with Crippen molar-refractivity contribution in [3.63, 3.8) is 0 Å². The van der Waals surface area contributed by atoms with E-state index in [9.17, 15) is 15.0 Å². The van der Waals surface area contributed by atoms with Crippen molar-refractivity contribution in [1.29, 1.82) is 0 Å². The molecule has 0 spiro atoms. The minimum absolute atomic E-state index is 0.0440. The van der Waals surface area contributed by atoms with Gasteiger partial charge in [0.25, 0.3) is 0 Å². The van der Waals surface area contributed by atoms with Crippen LogP contribution in [0.25, 0.3) is 0 Å². The summed E-state index contributed by atoms with van der Waals surface area (Å²) >= 11 is 0. The van der Waals surface area contributed by atoms with E-state index in [0.717, 1.165) is 5.57 Å². The van der Waals surface area contributed by atoms with Gasteiger partial charge in [0.2, 0.25) is 0 Å². The summed E-state index contributed by atoms with van der Waals surface area (Å²) in [5.41, 5.74) is 1.09. The van der Waals surface area contributed by atoms with Crippen molar-refractivity contribution in [1.82, 2.24) is 0 Å². The number of Topliss-reactive ketones (excluding diaryl/α,β-unsaturated/α-hetero) is 1. The Bertz CT molecular complexity index is 299. The smallest absolute Gasteiger partial charge is 0.166 e. The van der Waals surface area contributed by atoms with Gasteiger partial charge in [-0.05, 0) is 24.5 Å². The van der Waals surface area contributed by atoms with Crippen LogP contribution in [0, 0.1) is 0 Å². The fraction of sp³-hybridized carbons (Fsp3) is 0.444. The van der Waals surface area contributed by atoms with Gasteiger partial charge >= 0.3 is 0 Å². The Morgan fingerprint density at radius 3 is 2.83 bits per heavy atom. The van der Waals surface area contributed by atoms with Crippen LogP contribution in [0.5, 0.6) is 0 Å². The molecule has 1 unspecified atom stereocenters. The lowest BCUT2D eigenvalue weighted by Crippen LogP contribution is -2.15. The molecule has 2 rings (SSSR count). The molecule has 0 bridgehead atoms. The average molecular weight is 166 g/mol. The summed E-state index contributed by atoms with van der Waals surface area (Å²) < 4.78 is 0. The molecule has 3 heteroatoms. The van der Waals surface area contributed by atoms with Crippen LogP contribution in [0.3, 0.4) is 0 Å². The second-order valence-corrected chi connectivity index (χ2v) is 3.16. The zero-order valence-corrected chi connectivity index (χ0v) is 6.58. The second kappa shape index (κ2) is 2.45. The van der Waals surface area contributed by atoms with E-state index in [1.54, 1.807) is 0 Å². The Balaban J connectivity index is 2.46. The Morgan fingerprint density at radius 2 is 2.17 bits per heavy atom. The molecule has 1 atom stereocenters. The van der Waals surface area contributed by atoms with Crippen molar-refractivity contribution >= 4 is 5.78 Å². The monoisotopic (exact) mass is 166 g/mol. The average Bonchev–Trinajstić information content (AvgIpc) is 2.42. The summed E-state index contributed by atoms with van der Waals surface area (Å²) in [4.78, 5) is 11.2. The van der Waals surface area contributed by atoms with Crippen LogP contribution >= 0.6 is 0 Å². The van der Waals surface area contributed by atoms with Gasteiger partial charge in [-0.15, -0.1) is 0 Å². The lowest BCUT2D eigenvalue weighted by molar-refractivity contribution is -0.114. The molecule has 64 valence electrons. The van der Waals surface area contributed by atoms with Crippen molar-refractivity contribution in [3.8, 4) is 0 Å². The Kier molecular flexibility index (Phi) is 1.54. The van der Waals surface area contributed by atoms with Gasteiger partial charge in [0, 0.05) is 6.42 Å². The molecule has 12 heavy (non-hydrogen) atoms. The van der Waals surface area contributed by atoms with Crippen LogP contribution < -0.4 is 0 Å². The van der Waals surface area contributed by atoms with Gasteiger partial charge in [0.1, 0.15) is 5.76 Å². The zero-order valence-electron chi connectivity index (χ0n) is 6.58. The van der Waals surface area contributed by atoms with Crippen LogP contribution in [-0.2, 0) is 4.79 Å². The molecule has 0 heterocycles. The normalized spacial score (nSPS) is 28.9. The molecule has 2 aliphatic rings. The van der Waals surface area contributed by atoms with Crippen molar-refractivity contribution in [3.05, 3.63) is 23.0 Å². The van der Waals surface area contributed by atoms with Crippen molar-refractivity contribution < 1.29 is 15.0 Å². The molecule has 2 aliphatic carbocycles. The molecule has 0 saturated carbocycles. The minimum Gasteiger partial charge on any atom is -0.508 e. The summed E-state index contributed by atoms with van der Waals surface area (Å²) in [6.45, 7) is 0. The highest BCUT2D eigenvalue weighted by molar-refractivity contribution is 6.02. The number of hydrogen-bond donors (Lipinski definition) is 2. The van der Waals surface area contributed by atoms with E-state index in [-0.39, 0.29) is 11.5 Å². The van der Waals surface area contributed by atoms with Crippen LogP contribution in [0.4, 0.5) is 0 Å². The molecule has 0 aromatic carbocycles. The summed E-state index contributed by atoms with van der Waals surface area (Å²) in [6, 6.07) is 0. The molecule has 0 fully saturated rings. The van der Waals surface area contributed by atoms with E-state index in [2.05, 4.69) is 0 Å². The molecule has 0 aromatic rings. The maximum atomic E-state index is 11.2. The molecule has 3 nitrogen and oxygen atoms in total. The van der Waals surface area contributed by atoms with Crippen molar-refractivity contribution in [2.75, 3.05) is 0 Å². The summed E-state index contributed by atoms with van der Waals surface area (Å²) in [7, 11) is 0. The Morgan fingerprint density at radius 1 is 1.42 bits per heavy atom. The van der Waals surface area contributed by atoms with Gasteiger partial charge in [-0.1, -0.05) is 0 Å². The SMILES string of the molecule is O=C1CCC2=C1C(O)=CCC2O. The van der Waals surface area contributed by atoms with Gasteiger partial charge in [0.15, 0.2) is 5.78 Å². The molecule has 0 aliphatic heterocycles. The predicted molar refractivity (Wildman–Crippen MR) is 42.6 cm³/mol. The summed E-state index contributed by atoms with van der Waals surface area (Å²) in [5, 5.41) is 18.8.